The maximum Gasteiger partial charge on any atom is 0.329 e. The predicted molar refractivity (Wildman–Crippen MR) is 96.5 cm³/mol. The summed E-state index contributed by atoms with van der Waals surface area (Å²) in [5.41, 5.74) is -0.0850. The number of rotatable bonds is 5. The standard InChI is InChI=1S/C19H15ClO6/c1-11(20)19(22)26-14-6-7-15-16(9-14)24-10-17(18(15)21)25-13-5-3-4-12(8-13)23-2/h3-11H,1-2H3. The van der Waals surface area contributed by atoms with Crippen molar-refractivity contribution in [2.45, 2.75) is 12.3 Å². The molecule has 7 heteroatoms. The van der Waals surface area contributed by atoms with Crippen LogP contribution in [0, 0.1) is 0 Å². The normalized spacial score (nSPS) is 11.8. The Morgan fingerprint density at radius 1 is 1.12 bits per heavy atom. The van der Waals surface area contributed by atoms with Gasteiger partial charge in [-0.15, -0.1) is 11.6 Å². The van der Waals surface area contributed by atoms with E-state index in [-0.39, 0.29) is 22.5 Å². The van der Waals surface area contributed by atoms with Gasteiger partial charge in [-0.1, -0.05) is 6.07 Å². The van der Waals surface area contributed by atoms with E-state index in [1.54, 1.807) is 31.4 Å². The molecule has 1 atom stereocenters. The van der Waals surface area contributed by atoms with Crippen molar-refractivity contribution in [2.75, 3.05) is 7.11 Å². The Morgan fingerprint density at radius 2 is 1.88 bits per heavy atom. The van der Waals surface area contributed by atoms with Gasteiger partial charge in [-0.2, -0.15) is 0 Å². The van der Waals surface area contributed by atoms with Crippen LogP contribution in [0.15, 0.2) is 57.9 Å². The number of benzene rings is 2. The molecule has 0 aliphatic heterocycles. The van der Waals surface area contributed by atoms with Crippen LogP contribution in [-0.2, 0) is 4.79 Å². The Kier molecular flexibility index (Phi) is 5.14. The summed E-state index contributed by atoms with van der Waals surface area (Å²) in [4.78, 5) is 24.1. The lowest BCUT2D eigenvalue weighted by molar-refractivity contribution is -0.133. The first kappa shape index (κ1) is 17.8. The van der Waals surface area contributed by atoms with Crippen LogP contribution >= 0.6 is 11.6 Å². The van der Waals surface area contributed by atoms with Gasteiger partial charge in [-0.05, 0) is 31.2 Å². The van der Waals surface area contributed by atoms with Crippen LogP contribution in [0.2, 0.25) is 0 Å². The van der Waals surface area contributed by atoms with E-state index in [9.17, 15) is 9.59 Å². The zero-order valence-electron chi connectivity index (χ0n) is 14.0. The van der Waals surface area contributed by atoms with Crippen molar-refractivity contribution in [1.29, 1.82) is 0 Å². The largest absolute Gasteiger partial charge is 0.497 e. The molecule has 1 aromatic heterocycles. The first-order chi connectivity index (χ1) is 12.5. The van der Waals surface area contributed by atoms with Crippen LogP contribution in [0.5, 0.6) is 23.0 Å². The Hall–Kier alpha value is -2.99. The molecule has 0 amide bonds. The lowest BCUT2D eigenvalue weighted by atomic mass is 10.2. The molecule has 0 fully saturated rings. The molecule has 3 aromatic rings. The van der Waals surface area contributed by atoms with E-state index < -0.39 is 11.3 Å². The average molecular weight is 375 g/mol. The van der Waals surface area contributed by atoms with Crippen LogP contribution in [0.1, 0.15) is 6.92 Å². The van der Waals surface area contributed by atoms with Crippen molar-refractivity contribution in [3.63, 3.8) is 0 Å². The quantitative estimate of drug-likeness (QED) is 0.380. The summed E-state index contributed by atoms with van der Waals surface area (Å²) >= 11 is 5.67. The number of fused-ring (bicyclic) bond motifs is 1. The average Bonchev–Trinajstić information content (AvgIpc) is 2.64. The van der Waals surface area contributed by atoms with Crippen LogP contribution in [-0.4, -0.2) is 18.5 Å². The topological polar surface area (TPSA) is 75.0 Å². The molecule has 1 unspecified atom stereocenters. The van der Waals surface area contributed by atoms with Crippen molar-refractivity contribution >= 4 is 28.5 Å². The second-order valence-electron chi connectivity index (χ2n) is 5.41. The third-order valence-electron chi connectivity index (χ3n) is 3.53. The van der Waals surface area contributed by atoms with E-state index in [0.717, 1.165) is 0 Å². The summed E-state index contributed by atoms with van der Waals surface area (Å²) in [6.45, 7) is 1.51. The van der Waals surface area contributed by atoms with Crippen molar-refractivity contribution < 1.29 is 23.4 Å². The maximum atomic E-state index is 12.6. The number of carbonyl (C=O) groups is 1. The van der Waals surface area contributed by atoms with Gasteiger partial charge in [0.1, 0.15) is 34.5 Å². The molecule has 0 saturated heterocycles. The number of esters is 1. The summed E-state index contributed by atoms with van der Waals surface area (Å²) in [6, 6.07) is 11.3. The highest BCUT2D eigenvalue weighted by Gasteiger charge is 2.14. The van der Waals surface area contributed by atoms with E-state index in [4.69, 9.17) is 30.2 Å². The van der Waals surface area contributed by atoms with Crippen LogP contribution in [0.3, 0.4) is 0 Å². The molecular formula is C19H15ClO6. The lowest BCUT2D eigenvalue weighted by Crippen LogP contribution is -2.17. The molecule has 134 valence electrons. The molecule has 3 rings (SSSR count). The van der Waals surface area contributed by atoms with Gasteiger partial charge in [0, 0.05) is 12.1 Å². The zero-order chi connectivity index (χ0) is 18.7. The SMILES string of the molecule is COc1cccc(Oc2coc3cc(OC(=O)C(C)Cl)ccc3c2=O)c1. The second kappa shape index (κ2) is 7.49. The summed E-state index contributed by atoms with van der Waals surface area (Å²) in [5.74, 6) is 0.723. The maximum absolute atomic E-state index is 12.6. The minimum Gasteiger partial charge on any atom is -0.497 e. The molecule has 1 heterocycles. The number of halogens is 1. The summed E-state index contributed by atoms with van der Waals surface area (Å²) in [6.07, 6.45) is 1.21. The fourth-order valence-corrected chi connectivity index (χ4v) is 2.26. The predicted octanol–water partition coefficient (Wildman–Crippen LogP) is 4.13. The Labute approximate surface area is 153 Å². The third-order valence-corrected chi connectivity index (χ3v) is 3.70. The summed E-state index contributed by atoms with van der Waals surface area (Å²) < 4.78 is 21.3. The van der Waals surface area contributed by atoms with Gasteiger partial charge in [0.2, 0.25) is 11.2 Å². The van der Waals surface area contributed by atoms with E-state index in [1.165, 1.54) is 31.4 Å². The van der Waals surface area contributed by atoms with Crippen molar-refractivity contribution in [2.24, 2.45) is 0 Å². The summed E-state index contributed by atoms with van der Waals surface area (Å²) in [7, 11) is 1.54. The fourth-order valence-electron chi connectivity index (χ4n) is 2.21. The second-order valence-corrected chi connectivity index (χ2v) is 6.06. The number of hydrogen-bond donors (Lipinski definition) is 0. The highest BCUT2D eigenvalue weighted by atomic mass is 35.5. The number of alkyl halides is 1. The molecule has 0 aliphatic rings. The van der Waals surface area contributed by atoms with Gasteiger partial charge >= 0.3 is 5.97 Å². The monoisotopic (exact) mass is 374 g/mol. The minimum absolute atomic E-state index is 0.0323. The van der Waals surface area contributed by atoms with Gasteiger partial charge in [-0.25, -0.2) is 0 Å². The van der Waals surface area contributed by atoms with E-state index in [0.29, 0.717) is 16.9 Å². The number of methoxy groups -OCH3 is 1. The molecule has 26 heavy (non-hydrogen) atoms. The van der Waals surface area contributed by atoms with Crippen LogP contribution < -0.4 is 19.6 Å². The lowest BCUT2D eigenvalue weighted by Gasteiger charge is -2.08. The molecule has 0 radical (unpaired) electrons. The smallest absolute Gasteiger partial charge is 0.329 e. The van der Waals surface area contributed by atoms with Gasteiger partial charge < -0.3 is 18.6 Å². The van der Waals surface area contributed by atoms with Crippen LogP contribution in [0.4, 0.5) is 0 Å². The Morgan fingerprint density at radius 3 is 2.62 bits per heavy atom. The zero-order valence-corrected chi connectivity index (χ0v) is 14.8. The highest BCUT2D eigenvalue weighted by Crippen LogP contribution is 2.26. The number of ether oxygens (including phenoxy) is 3. The molecular weight excluding hydrogens is 360 g/mol. The molecule has 0 aliphatic carbocycles. The van der Waals surface area contributed by atoms with Gasteiger partial charge in [0.25, 0.3) is 0 Å². The van der Waals surface area contributed by atoms with E-state index in [2.05, 4.69) is 0 Å². The van der Waals surface area contributed by atoms with E-state index >= 15 is 0 Å². The van der Waals surface area contributed by atoms with E-state index in [1.807, 2.05) is 0 Å². The van der Waals surface area contributed by atoms with Crippen LogP contribution in [0.25, 0.3) is 11.0 Å². The molecule has 6 nitrogen and oxygen atoms in total. The molecule has 0 N–H and O–H groups in total. The number of hydrogen-bond acceptors (Lipinski definition) is 6. The van der Waals surface area contributed by atoms with Gasteiger partial charge in [0.15, 0.2) is 0 Å². The number of carbonyl (C=O) groups excluding carboxylic acids is 1. The Balaban J connectivity index is 1.91. The fraction of sp³-hybridized carbons (Fsp3) is 0.158. The molecule has 0 bridgehead atoms. The van der Waals surface area contributed by atoms with Gasteiger partial charge in [-0.3, -0.25) is 9.59 Å². The summed E-state index contributed by atoms with van der Waals surface area (Å²) in [5, 5.41) is -0.486. The third kappa shape index (κ3) is 3.81. The first-order valence-electron chi connectivity index (χ1n) is 7.71. The first-order valence-corrected chi connectivity index (χ1v) is 8.15. The van der Waals surface area contributed by atoms with Gasteiger partial charge in [0.05, 0.1) is 12.5 Å². The van der Waals surface area contributed by atoms with Crippen molar-refractivity contribution in [1.82, 2.24) is 0 Å². The Bertz CT molecular complexity index is 1010. The molecule has 0 saturated carbocycles. The van der Waals surface area contributed by atoms with Crippen molar-refractivity contribution in [3.05, 3.63) is 59.0 Å². The highest BCUT2D eigenvalue weighted by molar-refractivity contribution is 6.29. The molecule has 0 spiro atoms. The van der Waals surface area contributed by atoms with Crippen molar-refractivity contribution in [3.8, 4) is 23.0 Å². The minimum atomic E-state index is -0.781. The molecule has 2 aromatic carbocycles.